The first-order valence-electron chi connectivity index (χ1n) is 12.9. The van der Waals surface area contributed by atoms with Gasteiger partial charge in [0.1, 0.15) is 11.5 Å². The van der Waals surface area contributed by atoms with Gasteiger partial charge in [0.15, 0.2) is 0 Å². The van der Waals surface area contributed by atoms with Crippen molar-refractivity contribution in [1.29, 1.82) is 0 Å². The van der Waals surface area contributed by atoms with Crippen molar-refractivity contribution in [2.24, 2.45) is 0 Å². The second kappa shape index (κ2) is 11.3. The minimum absolute atomic E-state index is 0.0600. The summed E-state index contributed by atoms with van der Waals surface area (Å²) in [6.45, 7) is 3.46. The zero-order valence-corrected chi connectivity index (χ0v) is 23.1. The highest BCUT2D eigenvalue weighted by Crippen LogP contribution is 2.40. The molecule has 210 valence electrons. The highest BCUT2D eigenvalue weighted by Gasteiger charge is 2.33. The Morgan fingerprint density at radius 1 is 0.854 bits per heavy atom. The van der Waals surface area contributed by atoms with Crippen LogP contribution in [-0.2, 0) is 22.6 Å². The third-order valence-electron chi connectivity index (χ3n) is 6.38. The molecule has 41 heavy (non-hydrogen) atoms. The Hall–Kier alpha value is -4.21. The van der Waals surface area contributed by atoms with E-state index in [1.54, 1.807) is 50.2 Å². The Bertz CT molecular complexity index is 1810. The second-order valence-corrected chi connectivity index (χ2v) is 11.6. The Labute approximate surface area is 236 Å². The van der Waals surface area contributed by atoms with Gasteiger partial charge < -0.3 is 4.74 Å². The molecule has 0 saturated heterocycles. The molecule has 0 atom stereocenters. The van der Waals surface area contributed by atoms with E-state index in [2.05, 4.69) is 9.71 Å². The van der Waals surface area contributed by atoms with Crippen molar-refractivity contribution < 1.29 is 26.3 Å². The van der Waals surface area contributed by atoms with E-state index in [0.29, 0.717) is 34.4 Å². The topological polar surface area (TPSA) is 68.3 Å². The lowest BCUT2D eigenvalue weighted by atomic mass is 9.92. The molecular formula is C32H27F3N2O3S. The molecule has 4 aromatic carbocycles. The number of para-hydroxylation sites is 1. The van der Waals surface area contributed by atoms with E-state index in [0.717, 1.165) is 17.2 Å². The molecule has 1 heterocycles. The minimum atomic E-state index is -4.56. The number of ether oxygens (including phenoxy) is 1. The standard InChI is InChI=1S/C32H27F3N2O3S/c1-21(2)37-41(38,39)27-14-7-13-26(19-27)40-25-12-6-11-23(18-25)30-24(17-22-9-4-3-5-10-22)20-36-31-28(30)15-8-16-29(31)32(33,34)35/h3-16,18-21,37H,17H2,1-2H3. The molecular weight excluding hydrogens is 549 g/mol. The number of pyridine rings is 1. The number of alkyl halides is 3. The summed E-state index contributed by atoms with van der Waals surface area (Å²) in [5, 5.41) is 0.373. The summed E-state index contributed by atoms with van der Waals surface area (Å²) in [6, 6.07) is 26.5. The Morgan fingerprint density at radius 3 is 2.24 bits per heavy atom. The highest BCUT2D eigenvalue weighted by atomic mass is 32.2. The zero-order valence-electron chi connectivity index (χ0n) is 22.3. The van der Waals surface area contributed by atoms with Crippen molar-refractivity contribution in [2.75, 3.05) is 0 Å². The van der Waals surface area contributed by atoms with Gasteiger partial charge in [-0.3, -0.25) is 4.98 Å². The summed E-state index contributed by atoms with van der Waals surface area (Å²) >= 11 is 0. The van der Waals surface area contributed by atoms with Crippen LogP contribution in [-0.4, -0.2) is 19.4 Å². The monoisotopic (exact) mass is 576 g/mol. The molecule has 1 N–H and O–H groups in total. The lowest BCUT2D eigenvalue weighted by molar-refractivity contribution is -0.136. The van der Waals surface area contributed by atoms with Crippen LogP contribution in [0.1, 0.15) is 30.5 Å². The third kappa shape index (κ3) is 6.42. The number of nitrogens with zero attached hydrogens (tertiary/aromatic N) is 1. The molecule has 9 heteroatoms. The van der Waals surface area contributed by atoms with E-state index in [-0.39, 0.29) is 16.5 Å². The first kappa shape index (κ1) is 28.3. The average Bonchev–Trinajstić information content (AvgIpc) is 2.92. The summed E-state index contributed by atoms with van der Waals surface area (Å²) in [7, 11) is -3.73. The first-order valence-corrected chi connectivity index (χ1v) is 14.4. The molecule has 1 aromatic heterocycles. The Balaban J connectivity index is 1.60. The van der Waals surface area contributed by atoms with Crippen LogP contribution in [0.4, 0.5) is 13.2 Å². The van der Waals surface area contributed by atoms with Gasteiger partial charge in [-0.1, -0.05) is 60.7 Å². The number of aromatic nitrogens is 1. The lowest BCUT2D eigenvalue weighted by Gasteiger charge is -2.17. The van der Waals surface area contributed by atoms with Gasteiger partial charge in [0.05, 0.1) is 16.0 Å². The molecule has 0 saturated carbocycles. The molecule has 0 amide bonds. The number of nitrogens with one attached hydrogen (secondary N) is 1. The number of hydrogen-bond donors (Lipinski definition) is 1. The number of sulfonamides is 1. The molecule has 5 rings (SSSR count). The molecule has 0 radical (unpaired) electrons. The molecule has 0 aliphatic rings. The van der Waals surface area contributed by atoms with E-state index in [1.807, 2.05) is 36.4 Å². The number of halogens is 3. The summed E-state index contributed by atoms with van der Waals surface area (Å²) < 4.78 is 75.5. The van der Waals surface area contributed by atoms with E-state index in [9.17, 15) is 21.6 Å². The fourth-order valence-electron chi connectivity index (χ4n) is 4.72. The Kier molecular flexibility index (Phi) is 7.84. The molecule has 0 bridgehead atoms. The molecule has 0 aliphatic carbocycles. The van der Waals surface area contributed by atoms with Gasteiger partial charge in [0.25, 0.3) is 0 Å². The van der Waals surface area contributed by atoms with Crippen molar-refractivity contribution >= 4 is 20.9 Å². The quantitative estimate of drug-likeness (QED) is 0.203. The smallest absolute Gasteiger partial charge is 0.418 e. The summed E-state index contributed by atoms with van der Waals surface area (Å²) in [4.78, 5) is 4.32. The first-order chi connectivity index (χ1) is 19.5. The molecule has 0 unspecified atom stereocenters. The van der Waals surface area contributed by atoms with Gasteiger partial charge in [-0.05, 0) is 72.9 Å². The van der Waals surface area contributed by atoms with Crippen LogP contribution in [0, 0.1) is 0 Å². The predicted octanol–water partition coefficient (Wildman–Crippen LogP) is 7.99. The maximum Gasteiger partial charge on any atom is 0.418 e. The molecule has 5 nitrogen and oxygen atoms in total. The Morgan fingerprint density at radius 2 is 1.54 bits per heavy atom. The van der Waals surface area contributed by atoms with Gasteiger partial charge in [0.2, 0.25) is 10.0 Å². The van der Waals surface area contributed by atoms with Crippen molar-refractivity contribution in [2.45, 2.75) is 37.4 Å². The van der Waals surface area contributed by atoms with Crippen LogP contribution in [0.25, 0.3) is 22.0 Å². The largest absolute Gasteiger partial charge is 0.457 e. The molecule has 0 spiro atoms. The average molecular weight is 577 g/mol. The van der Waals surface area contributed by atoms with E-state index in [1.165, 1.54) is 24.4 Å². The van der Waals surface area contributed by atoms with Gasteiger partial charge in [-0.25, -0.2) is 13.1 Å². The van der Waals surface area contributed by atoms with Crippen molar-refractivity contribution in [3.05, 3.63) is 120 Å². The van der Waals surface area contributed by atoms with E-state index >= 15 is 0 Å². The van der Waals surface area contributed by atoms with Crippen molar-refractivity contribution in [3.63, 3.8) is 0 Å². The number of benzene rings is 4. The van der Waals surface area contributed by atoms with E-state index in [4.69, 9.17) is 4.74 Å². The van der Waals surface area contributed by atoms with Crippen LogP contribution in [0.5, 0.6) is 11.5 Å². The fraction of sp³-hybridized carbons (Fsp3) is 0.156. The highest BCUT2D eigenvalue weighted by molar-refractivity contribution is 7.89. The molecule has 0 fully saturated rings. The third-order valence-corrected chi connectivity index (χ3v) is 8.04. The predicted molar refractivity (Wildman–Crippen MR) is 153 cm³/mol. The normalized spacial score (nSPS) is 12.1. The summed E-state index contributed by atoms with van der Waals surface area (Å²) in [5.41, 5.74) is 2.07. The summed E-state index contributed by atoms with van der Waals surface area (Å²) in [6.07, 6.45) is -2.60. The zero-order chi connectivity index (χ0) is 29.2. The maximum absolute atomic E-state index is 13.9. The van der Waals surface area contributed by atoms with Crippen molar-refractivity contribution in [3.8, 4) is 22.6 Å². The fourth-order valence-corrected chi connectivity index (χ4v) is 6.00. The molecule has 0 aliphatic heterocycles. The minimum Gasteiger partial charge on any atom is -0.457 e. The van der Waals surface area contributed by atoms with Gasteiger partial charge in [-0.2, -0.15) is 13.2 Å². The van der Waals surface area contributed by atoms with Crippen LogP contribution < -0.4 is 9.46 Å². The van der Waals surface area contributed by atoms with Gasteiger partial charge in [-0.15, -0.1) is 0 Å². The second-order valence-electron chi connectivity index (χ2n) is 9.90. The molecule has 5 aromatic rings. The van der Waals surface area contributed by atoms with Crippen LogP contribution >= 0.6 is 0 Å². The van der Waals surface area contributed by atoms with E-state index < -0.39 is 21.8 Å². The van der Waals surface area contributed by atoms with Crippen LogP contribution in [0.3, 0.4) is 0 Å². The van der Waals surface area contributed by atoms with Gasteiger partial charge >= 0.3 is 6.18 Å². The number of hydrogen-bond acceptors (Lipinski definition) is 4. The lowest BCUT2D eigenvalue weighted by Crippen LogP contribution is -2.30. The van der Waals surface area contributed by atoms with Crippen molar-refractivity contribution in [1.82, 2.24) is 9.71 Å². The maximum atomic E-state index is 13.9. The summed E-state index contributed by atoms with van der Waals surface area (Å²) in [5.74, 6) is 0.703. The number of rotatable bonds is 8. The van der Waals surface area contributed by atoms with Crippen LogP contribution in [0.15, 0.2) is 108 Å². The SMILES string of the molecule is CC(C)NS(=O)(=O)c1cccc(Oc2cccc(-c3c(Cc4ccccc4)cnc4c(C(F)(F)F)cccc34)c2)c1. The van der Waals surface area contributed by atoms with Crippen LogP contribution in [0.2, 0.25) is 0 Å². The van der Waals surface area contributed by atoms with Gasteiger partial charge in [0, 0.05) is 23.7 Å². The number of fused-ring (bicyclic) bond motifs is 1.